The molecular weight excluding hydrogens is 184 g/mol. The van der Waals surface area contributed by atoms with Gasteiger partial charge in [0, 0.05) is 0 Å². The zero-order valence-electron chi connectivity index (χ0n) is 7.60. The summed E-state index contributed by atoms with van der Waals surface area (Å²) < 4.78 is 4.98. The summed E-state index contributed by atoms with van der Waals surface area (Å²) in [5.74, 6) is 0.698. The van der Waals surface area contributed by atoms with Crippen molar-refractivity contribution in [3.63, 3.8) is 0 Å². The predicted octanol–water partition coefficient (Wildman–Crippen LogP) is 1.30. The SMILES string of the molecule is COc1cccc(C=NNC(=O)O)c1. The number of amides is 1. The van der Waals surface area contributed by atoms with Gasteiger partial charge < -0.3 is 9.84 Å². The summed E-state index contributed by atoms with van der Waals surface area (Å²) in [4.78, 5) is 10.1. The highest BCUT2D eigenvalue weighted by Crippen LogP contribution is 2.10. The number of carbonyl (C=O) groups is 1. The zero-order valence-corrected chi connectivity index (χ0v) is 7.60. The topological polar surface area (TPSA) is 70.9 Å². The quantitative estimate of drug-likeness (QED) is 0.562. The molecule has 1 aromatic carbocycles. The lowest BCUT2D eigenvalue weighted by molar-refractivity contribution is 0.195. The lowest BCUT2D eigenvalue weighted by Gasteiger charge is -1.99. The Labute approximate surface area is 81.0 Å². The third-order valence-corrected chi connectivity index (χ3v) is 1.47. The van der Waals surface area contributed by atoms with Gasteiger partial charge in [0.05, 0.1) is 13.3 Å². The highest BCUT2D eigenvalue weighted by Gasteiger charge is 1.92. The first kappa shape index (κ1) is 10.0. The third-order valence-electron chi connectivity index (χ3n) is 1.47. The number of hydrogen-bond acceptors (Lipinski definition) is 3. The average molecular weight is 194 g/mol. The smallest absolute Gasteiger partial charge is 0.425 e. The lowest BCUT2D eigenvalue weighted by Crippen LogP contribution is -2.13. The van der Waals surface area contributed by atoms with Crippen LogP contribution in [0.3, 0.4) is 0 Å². The summed E-state index contributed by atoms with van der Waals surface area (Å²) in [6.45, 7) is 0. The van der Waals surface area contributed by atoms with Gasteiger partial charge in [0.15, 0.2) is 0 Å². The van der Waals surface area contributed by atoms with Crippen molar-refractivity contribution >= 4 is 12.3 Å². The average Bonchev–Trinajstić information content (AvgIpc) is 2.18. The molecule has 0 aromatic heterocycles. The number of nitrogens with zero attached hydrogens (tertiary/aromatic N) is 1. The van der Waals surface area contributed by atoms with Crippen molar-refractivity contribution < 1.29 is 14.6 Å². The van der Waals surface area contributed by atoms with E-state index in [1.54, 1.807) is 31.4 Å². The molecule has 1 amide bonds. The maximum absolute atomic E-state index is 10.1. The molecule has 0 bridgehead atoms. The molecule has 14 heavy (non-hydrogen) atoms. The van der Waals surface area contributed by atoms with Gasteiger partial charge >= 0.3 is 6.09 Å². The zero-order chi connectivity index (χ0) is 10.4. The number of hydrogen-bond donors (Lipinski definition) is 2. The first-order valence-corrected chi connectivity index (χ1v) is 3.88. The van der Waals surface area contributed by atoms with E-state index < -0.39 is 6.09 Å². The molecule has 74 valence electrons. The fourth-order valence-corrected chi connectivity index (χ4v) is 0.884. The van der Waals surface area contributed by atoms with Gasteiger partial charge in [-0.2, -0.15) is 5.10 Å². The van der Waals surface area contributed by atoms with Gasteiger partial charge in [-0.25, -0.2) is 10.2 Å². The number of benzene rings is 1. The van der Waals surface area contributed by atoms with E-state index in [-0.39, 0.29) is 0 Å². The van der Waals surface area contributed by atoms with Gasteiger partial charge in [-0.3, -0.25) is 0 Å². The highest BCUT2D eigenvalue weighted by molar-refractivity contribution is 5.81. The van der Waals surface area contributed by atoms with E-state index in [9.17, 15) is 4.79 Å². The molecule has 0 radical (unpaired) electrons. The van der Waals surface area contributed by atoms with Crippen molar-refractivity contribution in [3.05, 3.63) is 29.8 Å². The van der Waals surface area contributed by atoms with Crippen LogP contribution in [0.25, 0.3) is 0 Å². The van der Waals surface area contributed by atoms with E-state index in [0.717, 1.165) is 5.56 Å². The Bertz CT molecular complexity index is 350. The van der Waals surface area contributed by atoms with E-state index in [1.807, 2.05) is 5.43 Å². The molecular formula is C9H10N2O3. The maximum atomic E-state index is 10.1. The highest BCUT2D eigenvalue weighted by atomic mass is 16.5. The fraction of sp³-hybridized carbons (Fsp3) is 0.111. The van der Waals surface area contributed by atoms with Crippen molar-refractivity contribution in [2.45, 2.75) is 0 Å². The second-order valence-corrected chi connectivity index (χ2v) is 2.45. The van der Waals surface area contributed by atoms with Gasteiger partial charge in [-0.1, -0.05) is 12.1 Å². The van der Waals surface area contributed by atoms with Crippen molar-refractivity contribution in [2.24, 2.45) is 5.10 Å². The normalized spacial score (nSPS) is 10.1. The van der Waals surface area contributed by atoms with Crippen molar-refractivity contribution in [1.82, 2.24) is 5.43 Å². The van der Waals surface area contributed by atoms with Crippen LogP contribution in [0.4, 0.5) is 4.79 Å². The predicted molar refractivity (Wildman–Crippen MR) is 51.7 cm³/mol. The van der Waals surface area contributed by atoms with E-state index in [0.29, 0.717) is 5.75 Å². The largest absolute Gasteiger partial charge is 0.497 e. The summed E-state index contributed by atoms with van der Waals surface area (Å²) in [6.07, 6.45) is 0.209. The molecule has 1 aromatic rings. The van der Waals surface area contributed by atoms with E-state index >= 15 is 0 Å². The van der Waals surface area contributed by atoms with Crippen LogP contribution >= 0.6 is 0 Å². The van der Waals surface area contributed by atoms with Crippen molar-refractivity contribution in [3.8, 4) is 5.75 Å². The van der Waals surface area contributed by atoms with Crippen LogP contribution in [-0.4, -0.2) is 24.5 Å². The fourth-order valence-electron chi connectivity index (χ4n) is 0.884. The molecule has 0 spiro atoms. The Balaban J connectivity index is 2.66. The van der Waals surface area contributed by atoms with Crippen LogP contribution in [0.1, 0.15) is 5.56 Å². The van der Waals surface area contributed by atoms with Crippen molar-refractivity contribution in [2.75, 3.05) is 7.11 Å². The minimum absolute atomic E-state index is 0.698. The van der Waals surface area contributed by atoms with Crippen LogP contribution in [-0.2, 0) is 0 Å². The monoisotopic (exact) mass is 194 g/mol. The second kappa shape index (κ2) is 4.86. The summed E-state index contributed by atoms with van der Waals surface area (Å²) in [5.41, 5.74) is 2.64. The van der Waals surface area contributed by atoms with Crippen LogP contribution in [0, 0.1) is 0 Å². The first-order chi connectivity index (χ1) is 6.72. The summed E-state index contributed by atoms with van der Waals surface area (Å²) >= 11 is 0. The van der Waals surface area contributed by atoms with Gasteiger partial charge in [-0.15, -0.1) is 0 Å². The number of methoxy groups -OCH3 is 1. The number of ether oxygens (including phenoxy) is 1. The summed E-state index contributed by atoms with van der Waals surface area (Å²) in [6, 6.07) is 7.12. The standard InChI is InChI=1S/C9H10N2O3/c1-14-8-4-2-3-7(5-8)6-10-11-9(12)13/h2-6,11H,1H3,(H,12,13). The molecule has 5 nitrogen and oxygen atoms in total. The molecule has 0 fully saturated rings. The molecule has 0 aliphatic carbocycles. The Morgan fingerprint density at radius 2 is 2.43 bits per heavy atom. The van der Waals surface area contributed by atoms with E-state index in [1.165, 1.54) is 6.21 Å². The third kappa shape index (κ3) is 3.14. The Hall–Kier alpha value is -2.04. The molecule has 1 rings (SSSR count). The van der Waals surface area contributed by atoms with Crippen LogP contribution in [0.5, 0.6) is 5.75 Å². The second-order valence-electron chi connectivity index (χ2n) is 2.45. The number of rotatable bonds is 3. The molecule has 0 heterocycles. The minimum atomic E-state index is -1.19. The molecule has 5 heteroatoms. The molecule has 0 aliphatic rings. The Kier molecular flexibility index (Phi) is 3.49. The summed E-state index contributed by atoms with van der Waals surface area (Å²) in [5, 5.41) is 11.7. The van der Waals surface area contributed by atoms with Crippen LogP contribution in [0.15, 0.2) is 29.4 Å². The molecule has 0 aliphatic heterocycles. The van der Waals surface area contributed by atoms with Crippen LogP contribution in [0.2, 0.25) is 0 Å². The minimum Gasteiger partial charge on any atom is -0.497 e. The Morgan fingerprint density at radius 1 is 1.64 bits per heavy atom. The number of hydrazone groups is 1. The maximum Gasteiger partial charge on any atom is 0.425 e. The van der Waals surface area contributed by atoms with Crippen LogP contribution < -0.4 is 10.2 Å². The van der Waals surface area contributed by atoms with Gasteiger partial charge in [0.1, 0.15) is 5.75 Å². The molecule has 0 saturated carbocycles. The molecule has 0 atom stereocenters. The number of carboxylic acid groups (broad SMARTS) is 1. The molecule has 0 unspecified atom stereocenters. The van der Waals surface area contributed by atoms with E-state index in [4.69, 9.17) is 9.84 Å². The van der Waals surface area contributed by atoms with Gasteiger partial charge in [0.2, 0.25) is 0 Å². The van der Waals surface area contributed by atoms with Gasteiger partial charge in [0.25, 0.3) is 0 Å². The molecule has 0 saturated heterocycles. The van der Waals surface area contributed by atoms with Gasteiger partial charge in [-0.05, 0) is 17.7 Å². The summed E-state index contributed by atoms with van der Waals surface area (Å²) in [7, 11) is 1.56. The lowest BCUT2D eigenvalue weighted by atomic mass is 10.2. The van der Waals surface area contributed by atoms with Crippen molar-refractivity contribution in [1.29, 1.82) is 0 Å². The number of nitrogens with one attached hydrogen (secondary N) is 1. The first-order valence-electron chi connectivity index (χ1n) is 3.88. The van der Waals surface area contributed by atoms with E-state index in [2.05, 4.69) is 5.10 Å². The Morgan fingerprint density at radius 3 is 3.07 bits per heavy atom. The molecule has 2 N–H and O–H groups in total.